The van der Waals surface area contributed by atoms with Crippen LogP contribution in [0.2, 0.25) is 5.02 Å². The molecule has 2 aromatic rings. The molecule has 0 radical (unpaired) electrons. The molecule has 1 N–H and O–H groups in total. The van der Waals surface area contributed by atoms with Crippen LogP contribution in [0.1, 0.15) is 41.6 Å². The summed E-state index contributed by atoms with van der Waals surface area (Å²) in [5, 5.41) is 14.3. The van der Waals surface area contributed by atoms with Gasteiger partial charge in [-0.2, -0.15) is 0 Å². The van der Waals surface area contributed by atoms with Gasteiger partial charge in [0.05, 0.1) is 5.56 Å². The first-order chi connectivity index (χ1) is 13.9. The monoisotopic (exact) mass is 441 g/mol. The number of benzene rings is 2. The van der Waals surface area contributed by atoms with Gasteiger partial charge in [-0.25, -0.2) is 9.59 Å². The van der Waals surface area contributed by atoms with Crippen LogP contribution in [0.4, 0.5) is 4.79 Å². The minimum atomic E-state index is -1.26. The van der Waals surface area contributed by atoms with Gasteiger partial charge in [-0.3, -0.25) is 0 Å². The fraction of sp³-hybridized carbons (Fsp3) is 0.286. The van der Waals surface area contributed by atoms with E-state index in [-0.39, 0.29) is 48.9 Å². The van der Waals surface area contributed by atoms with Crippen LogP contribution in [0.3, 0.4) is 0 Å². The Morgan fingerprint density at radius 1 is 1.03 bits per heavy atom. The van der Waals surface area contributed by atoms with Gasteiger partial charge < -0.3 is 24.7 Å². The molecule has 0 saturated heterocycles. The number of nitrogens with one attached hydrogen (secondary N) is 1. The van der Waals surface area contributed by atoms with Crippen LogP contribution in [0.25, 0.3) is 0 Å². The molecule has 0 spiro atoms. The molecule has 0 aliphatic rings. The molecule has 0 fully saturated rings. The zero-order valence-electron chi connectivity index (χ0n) is 16.8. The average molecular weight is 442 g/mol. The molecule has 0 saturated carbocycles. The van der Waals surface area contributed by atoms with Crippen LogP contribution in [0.15, 0.2) is 54.6 Å². The van der Waals surface area contributed by atoms with E-state index < -0.39 is 30.2 Å². The van der Waals surface area contributed by atoms with Crippen LogP contribution in [-0.4, -0.2) is 30.9 Å². The fourth-order valence-corrected chi connectivity index (χ4v) is 2.67. The van der Waals surface area contributed by atoms with Crippen molar-refractivity contribution in [2.24, 2.45) is 0 Å². The first-order valence-corrected chi connectivity index (χ1v) is 9.45. The van der Waals surface area contributed by atoms with Crippen molar-refractivity contribution in [3.8, 4) is 0 Å². The Morgan fingerprint density at radius 3 is 2.23 bits per heavy atom. The van der Waals surface area contributed by atoms with Gasteiger partial charge >= 0.3 is 41.6 Å². The average Bonchev–Trinajstić information content (AvgIpc) is 2.72. The topological polar surface area (TPSA) is 105 Å². The summed E-state index contributed by atoms with van der Waals surface area (Å²) in [4.78, 5) is 35.4. The molecule has 0 aromatic heterocycles. The number of ether oxygens (including phenoxy) is 2. The number of esters is 1. The molecule has 154 valence electrons. The molecule has 0 heterocycles. The van der Waals surface area contributed by atoms with Crippen molar-refractivity contribution in [1.82, 2.24) is 5.32 Å². The zero-order chi connectivity index (χ0) is 21.2. The Morgan fingerprint density at radius 2 is 1.67 bits per heavy atom. The van der Waals surface area contributed by atoms with Gasteiger partial charge in [-0.15, -0.1) is 0 Å². The van der Waals surface area contributed by atoms with Gasteiger partial charge in [-0.05, 0) is 36.2 Å². The zero-order valence-corrected chi connectivity index (χ0v) is 19.6. The number of hydrogen-bond donors (Lipinski definition) is 1. The van der Waals surface area contributed by atoms with Crippen LogP contribution in [-0.2, 0) is 14.3 Å². The number of carbonyl (C=O) groups excluding carboxylic acids is 3. The Balaban J connectivity index is 0.00000450. The summed E-state index contributed by atoms with van der Waals surface area (Å²) in [7, 11) is 0. The third-order valence-corrected chi connectivity index (χ3v) is 4.33. The summed E-state index contributed by atoms with van der Waals surface area (Å²) >= 11 is 5.81. The van der Waals surface area contributed by atoms with Gasteiger partial charge in [-0.1, -0.05) is 48.9 Å². The first-order valence-electron chi connectivity index (χ1n) is 9.07. The number of carboxylic acids is 1. The van der Waals surface area contributed by atoms with Gasteiger partial charge in [0, 0.05) is 29.9 Å². The Bertz CT molecular complexity index is 831. The van der Waals surface area contributed by atoms with Crippen molar-refractivity contribution in [1.29, 1.82) is 0 Å². The minimum absolute atomic E-state index is 0. The number of carboxylic acid groups (broad SMARTS) is 1. The van der Waals surface area contributed by atoms with Gasteiger partial charge in [0.2, 0.25) is 6.29 Å². The summed E-state index contributed by atoms with van der Waals surface area (Å²) in [5.74, 6) is -2.78. The normalized spacial score (nSPS) is 12.1. The summed E-state index contributed by atoms with van der Waals surface area (Å²) in [5.41, 5.74) is 0.863. The summed E-state index contributed by atoms with van der Waals surface area (Å²) in [6, 6.07) is 14.7. The Hall–Kier alpha value is -2.06. The predicted octanol–water partition coefficient (Wildman–Crippen LogP) is -0.113. The Kier molecular flexibility index (Phi) is 11.5. The van der Waals surface area contributed by atoms with Crippen LogP contribution < -0.4 is 40.0 Å². The summed E-state index contributed by atoms with van der Waals surface area (Å²) in [6.07, 6.45) is -1.51. The van der Waals surface area contributed by atoms with Crippen molar-refractivity contribution in [3.05, 3.63) is 70.7 Å². The van der Waals surface area contributed by atoms with E-state index in [2.05, 4.69) is 5.32 Å². The maximum atomic E-state index is 12.0. The standard InChI is InChI=1S/C21H22ClNO6.Na/c1-2-18(28-20(26)15-6-4-3-5-7-15)29-21(27)23-13-12-17(19(24)25)14-8-10-16(22)11-9-14;/h3-11,17-18H,2,12-13H2,1H3,(H,23,27)(H,24,25);/q;+1/p-1. The second-order valence-electron chi connectivity index (χ2n) is 6.15. The largest absolute Gasteiger partial charge is 1.00 e. The summed E-state index contributed by atoms with van der Waals surface area (Å²) < 4.78 is 10.2. The van der Waals surface area contributed by atoms with E-state index in [4.69, 9.17) is 21.1 Å². The van der Waals surface area contributed by atoms with Crippen LogP contribution in [0, 0.1) is 0 Å². The molecule has 9 heteroatoms. The SMILES string of the molecule is CCC(OC(=O)NCCC(C(=O)[O-])c1ccc(Cl)cc1)OC(=O)c1ccccc1.[Na+]. The van der Waals surface area contributed by atoms with E-state index >= 15 is 0 Å². The molecule has 30 heavy (non-hydrogen) atoms. The van der Waals surface area contributed by atoms with Crippen molar-refractivity contribution in [2.75, 3.05) is 6.54 Å². The maximum Gasteiger partial charge on any atom is 1.00 e. The van der Waals surface area contributed by atoms with Gasteiger partial charge in [0.1, 0.15) is 0 Å². The number of halogens is 1. The third-order valence-electron chi connectivity index (χ3n) is 4.08. The van der Waals surface area contributed by atoms with Crippen molar-refractivity contribution < 1.29 is 58.5 Å². The van der Waals surface area contributed by atoms with Crippen molar-refractivity contribution >= 4 is 29.6 Å². The molecule has 2 aromatic carbocycles. The summed E-state index contributed by atoms with van der Waals surface area (Å²) in [6.45, 7) is 1.73. The maximum absolute atomic E-state index is 12.0. The molecular weight excluding hydrogens is 421 g/mol. The number of alkyl carbamates (subject to hydrolysis) is 1. The Labute approximate surface area is 202 Å². The molecule has 0 aliphatic heterocycles. The van der Waals surface area contributed by atoms with Gasteiger partial charge in [0.25, 0.3) is 0 Å². The third kappa shape index (κ3) is 8.36. The molecule has 2 atom stereocenters. The van der Waals surface area contributed by atoms with Crippen LogP contribution in [0.5, 0.6) is 0 Å². The molecular formula is C21H21ClNNaO6. The molecule has 0 aliphatic carbocycles. The molecule has 2 unspecified atom stereocenters. The molecule has 7 nitrogen and oxygen atoms in total. The second kappa shape index (κ2) is 13.3. The molecule has 1 amide bonds. The van der Waals surface area contributed by atoms with E-state index in [0.717, 1.165) is 0 Å². The fourth-order valence-electron chi connectivity index (χ4n) is 2.55. The smallest absolute Gasteiger partial charge is 0.549 e. The van der Waals surface area contributed by atoms with Crippen molar-refractivity contribution in [2.45, 2.75) is 32.0 Å². The minimum Gasteiger partial charge on any atom is -0.549 e. The van der Waals surface area contributed by atoms with E-state index in [0.29, 0.717) is 16.1 Å². The van der Waals surface area contributed by atoms with Crippen LogP contribution >= 0.6 is 11.6 Å². The van der Waals surface area contributed by atoms with Gasteiger partial charge in [0.15, 0.2) is 0 Å². The first kappa shape index (κ1) is 26.0. The van der Waals surface area contributed by atoms with Crippen molar-refractivity contribution in [3.63, 3.8) is 0 Å². The second-order valence-corrected chi connectivity index (χ2v) is 6.59. The van der Waals surface area contributed by atoms with E-state index in [9.17, 15) is 19.5 Å². The number of amides is 1. The molecule has 2 rings (SSSR count). The van der Waals surface area contributed by atoms with E-state index in [1.807, 2.05) is 0 Å². The quantitative estimate of drug-likeness (QED) is 0.331. The molecule has 0 bridgehead atoms. The number of aliphatic carboxylic acids is 1. The van der Waals surface area contributed by atoms with E-state index in [1.165, 1.54) is 0 Å². The number of rotatable bonds is 9. The number of hydrogen-bond acceptors (Lipinski definition) is 6. The predicted molar refractivity (Wildman–Crippen MR) is 104 cm³/mol. The number of carbonyl (C=O) groups is 3. The van der Waals surface area contributed by atoms with E-state index in [1.54, 1.807) is 61.5 Å².